The van der Waals surface area contributed by atoms with Gasteiger partial charge in [0.25, 0.3) is 0 Å². The third-order valence-electron chi connectivity index (χ3n) is 8.51. The van der Waals surface area contributed by atoms with Gasteiger partial charge in [0.15, 0.2) is 0 Å². The maximum absolute atomic E-state index is 13.9. The molecular weight excluding hydrogens is 604 g/mol. The summed E-state index contributed by atoms with van der Waals surface area (Å²) < 4.78 is 37.1. The number of hydrogen-bond acceptors (Lipinski definition) is 9. The van der Waals surface area contributed by atoms with Crippen LogP contribution in [0.2, 0.25) is 0 Å². The van der Waals surface area contributed by atoms with E-state index in [9.17, 15) is 13.2 Å². The summed E-state index contributed by atoms with van der Waals surface area (Å²) in [5, 5.41) is 11.6. The summed E-state index contributed by atoms with van der Waals surface area (Å²) in [5.74, 6) is -0.0439. The summed E-state index contributed by atoms with van der Waals surface area (Å²) >= 11 is 0. The lowest BCUT2D eigenvalue weighted by Gasteiger charge is -2.25. The van der Waals surface area contributed by atoms with Crippen LogP contribution in [0.3, 0.4) is 0 Å². The zero-order chi connectivity index (χ0) is 32.4. The molecular formula is C33H36N8O4S. The van der Waals surface area contributed by atoms with Gasteiger partial charge in [-0.3, -0.25) is 4.79 Å². The topological polar surface area (TPSA) is 145 Å². The van der Waals surface area contributed by atoms with E-state index in [0.717, 1.165) is 38.9 Å². The Morgan fingerprint density at radius 1 is 1.09 bits per heavy atom. The number of nitrogens with zero attached hydrogens (tertiary/aromatic N) is 7. The predicted molar refractivity (Wildman–Crippen MR) is 173 cm³/mol. The Morgan fingerprint density at radius 2 is 1.93 bits per heavy atom. The lowest BCUT2D eigenvalue weighted by atomic mass is 9.84. The number of amides is 1. The van der Waals surface area contributed by atoms with E-state index in [1.807, 2.05) is 62.7 Å². The third kappa shape index (κ3) is 6.07. The van der Waals surface area contributed by atoms with E-state index in [1.165, 1.54) is 22.9 Å². The molecule has 0 saturated carbocycles. The van der Waals surface area contributed by atoms with Crippen LogP contribution in [0.1, 0.15) is 60.4 Å². The van der Waals surface area contributed by atoms with E-state index in [-0.39, 0.29) is 48.2 Å². The highest BCUT2D eigenvalue weighted by Crippen LogP contribution is 2.36. The Hall–Kier alpha value is -4.75. The smallest absolute Gasteiger partial charge is 0.248 e. The standard InChI is InChI=1S/C33H36N8O4S/c1-5-25-19-40(46(43,44)29-8-7-14-35-33(29)45-25)18-24-16-23(10-9-21(24)3)27(17-31(42)37-30-13-15-34-20-36-30)26-11-12-28-32(22(26)4)38-39-41(28)6-2/h7-16,20,25,27H,5-6,17-19H2,1-4H3,(H,34,36,37,42)/t25-,27?/m1/s1. The molecule has 1 amide bonds. The number of carbonyl (C=O) groups is 1. The van der Waals surface area contributed by atoms with Crippen LogP contribution < -0.4 is 10.1 Å². The second-order valence-electron chi connectivity index (χ2n) is 11.4. The van der Waals surface area contributed by atoms with Crippen LogP contribution in [-0.2, 0) is 27.9 Å². The fourth-order valence-electron chi connectivity index (χ4n) is 5.90. The molecule has 13 heteroatoms. The van der Waals surface area contributed by atoms with Gasteiger partial charge >= 0.3 is 0 Å². The lowest BCUT2D eigenvalue weighted by molar-refractivity contribution is -0.116. The summed E-state index contributed by atoms with van der Waals surface area (Å²) in [4.78, 5) is 25.8. The molecule has 0 radical (unpaired) electrons. The maximum Gasteiger partial charge on any atom is 0.248 e. The summed E-state index contributed by atoms with van der Waals surface area (Å²) in [6.45, 7) is 8.95. The zero-order valence-corrected chi connectivity index (χ0v) is 27.0. The van der Waals surface area contributed by atoms with Gasteiger partial charge in [0.2, 0.25) is 21.8 Å². The van der Waals surface area contributed by atoms with Crippen LogP contribution in [-0.4, -0.2) is 61.2 Å². The van der Waals surface area contributed by atoms with E-state index in [2.05, 4.69) is 30.6 Å². The van der Waals surface area contributed by atoms with Crippen molar-refractivity contribution in [3.63, 3.8) is 0 Å². The minimum Gasteiger partial charge on any atom is -0.472 e. The van der Waals surface area contributed by atoms with Gasteiger partial charge in [-0.15, -0.1) is 5.10 Å². The molecule has 0 saturated heterocycles. The molecule has 1 unspecified atom stereocenters. The second kappa shape index (κ2) is 12.9. The summed E-state index contributed by atoms with van der Waals surface area (Å²) in [7, 11) is -3.90. The molecule has 6 rings (SSSR count). The van der Waals surface area contributed by atoms with Gasteiger partial charge in [0, 0.05) is 37.8 Å². The van der Waals surface area contributed by atoms with Crippen molar-refractivity contribution in [2.45, 2.75) is 70.5 Å². The van der Waals surface area contributed by atoms with Gasteiger partial charge in [0.05, 0.1) is 12.1 Å². The average molecular weight is 641 g/mol. The van der Waals surface area contributed by atoms with Crippen LogP contribution in [0, 0.1) is 13.8 Å². The van der Waals surface area contributed by atoms with Crippen LogP contribution in [0.25, 0.3) is 11.0 Å². The first-order valence-electron chi connectivity index (χ1n) is 15.3. The highest BCUT2D eigenvalue weighted by molar-refractivity contribution is 7.89. The molecule has 0 aliphatic carbocycles. The predicted octanol–water partition coefficient (Wildman–Crippen LogP) is 4.78. The summed E-state index contributed by atoms with van der Waals surface area (Å²) in [6.07, 6.45) is 4.88. The maximum atomic E-state index is 13.9. The van der Waals surface area contributed by atoms with Gasteiger partial charge in [0.1, 0.15) is 28.7 Å². The van der Waals surface area contributed by atoms with E-state index in [0.29, 0.717) is 18.8 Å². The number of ether oxygens (including phenoxy) is 1. The lowest BCUT2D eigenvalue weighted by Crippen LogP contribution is -2.36. The zero-order valence-electron chi connectivity index (χ0n) is 26.2. The number of pyridine rings is 1. The van der Waals surface area contributed by atoms with Gasteiger partial charge in [-0.1, -0.05) is 36.4 Å². The molecule has 46 heavy (non-hydrogen) atoms. The largest absolute Gasteiger partial charge is 0.472 e. The van der Waals surface area contributed by atoms with Crippen molar-refractivity contribution >= 4 is 32.8 Å². The monoisotopic (exact) mass is 640 g/mol. The molecule has 5 aromatic rings. The van der Waals surface area contributed by atoms with E-state index in [1.54, 1.807) is 18.3 Å². The number of fused-ring (bicyclic) bond motifs is 2. The minimum absolute atomic E-state index is 0.0584. The Bertz CT molecular complexity index is 2000. The quantitative estimate of drug-likeness (QED) is 0.241. The Kier molecular flexibility index (Phi) is 8.78. The highest BCUT2D eigenvalue weighted by Gasteiger charge is 2.35. The van der Waals surface area contributed by atoms with E-state index >= 15 is 0 Å². The minimum atomic E-state index is -3.90. The fraction of sp³-hybridized carbons (Fsp3) is 0.333. The van der Waals surface area contributed by atoms with Crippen LogP contribution in [0.4, 0.5) is 5.82 Å². The Labute approximate surface area is 267 Å². The number of aromatic nitrogens is 6. The molecule has 2 aromatic carbocycles. The molecule has 1 N–H and O–H groups in total. The van der Waals surface area contributed by atoms with Crippen LogP contribution in [0.15, 0.2) is 72.1 Å². The van der Waals surface area contributed by atoms with Gasteiger partial charge in [-0.05, 0) is 79.3 Å². The Balaban J connectivity index is 1.40. The molecule has 12 nitrogen and oxygen atoms in total. The van der Waals surface area contributed by atoms with Crippen LogP contribution in [0.5, 0.6) is 5.88 Å². The fourth-order valence-corrected chi connectivity index (χ4v) is 7.42. The number of nitrogens with one attached hydrogen (secondary N) is 1. The molecule has 0 bridgehead atoms. The molecule has 2 atom stereocenters. The third-order valence-corrected chi connectivity index (χ3v) is 10.3. The number of rotatable bonds is 9. The first-order valence-corrected chi connectivity index (χ1v) is 16.7. The highest BCUT2D eigenvalue weighted by atomic mass is 32.2. The van der Waals surface area contributed by atoms with Crippen molar-refractivity contribution < 1.29 is 17.9 Å². The average Bonchev–Trinajstić information content (AvgIpc) is 3.45. The molecule has 1 aliphatic heterocycles. The first kappa shape index (κ1) is 31.2. The molecule has 0 fully saturated rings. The van der Waals surface area contributed by atoms with Gasteiger partial charge < -0.3 is 10.1 Å². The van der Waals surface area contributed by atoms with Gasteiger partial charge in [-0.2, -0.15) is 4.31 Å². The SMILES string of the molecule is CC[C@@H]1CN(Cc2cc(C(CC(=O)Nc3ccncn3)c3ccc4c(nnn4CC)c3C)ccc2C)S(=O)(=O)c2cccnc2O1. The number of carbonyl (C=O) groups excluding carboxylic acids is 1. The number of benzene rings is 2. The first-order chi connectivity index (χ1) is 22.2. The molecule has 1 aliphatic rings. The van der Waals surface area contributed by atoms with Gasteiger partial charge in [-0.25, -0.2) is 28.1 Å². The number of anilines is 1. The molecule has 4 heterocycles. The van der Waals surface area contributed by atoms with Crippen LogP contribution >= 0.6 is 0 Å². The van der Waals surface area contributed by atoms with Crippen molar-refractivity contribution in [3.05, 3.63) is 95.1 Å². The summed E-state index contributed by atoms with van der Waals surface area (Å²) in [6, 6.07) is 14.8. The molecule has 0 spiro atoms. The second-order valence-corrected chi connectivity index (χ2v) is 13.3. The molecule has 3 aromatic heterocycles. The van der Waals surface area contributed by atoms with Crippen molar-refractivity contribution in [2.24, 2.45) is 0 Å². The normalized spacial score (nSPS) is 16.7. The van der Waals surface area contributed by atoms with E-state index in [4.69, 9.17) is 4.74 Å². The van der Waals surface area contributed by atoms with Crippen molar-refractivity contribution in [1.82, 2.24) is 34.3 Å². The molecule has 238 valence electrons. The number of aryl methyl sites for hydroxylation is 3. The van der Waals surface area contributed by atoms with Crippen molar-refractivity contribution in [2.75, 3.05) is 11.9 Å². The number of sulfonamides is 1. The van der Waals surface area contributed by atoms with Crippen molar-refractivity contribution in [3.8, 4) is 5.88 Å². The Morgan fingerprint density at radius 3 is 2.70 bits per heavy atom. The van der Waals surface area contributed by atoms with Crippen molar-refractivity contribution in [1.29, 1.82) is 0 Å². The summed E-state index contributed by atoms with van der Waals surface area (Å²) in [5.41, 5.74) is 6.21. The number of hydrogen-bond donors (Lipinski definition) is 1. The van der Waals surface area contributed by atoms with E-state index < -0.39 is 10.0 Å².